The average Bonchev–Trinajstić information content (AvgIpc) is 2.44. The Morgan fingerprint density at radius 1 is 1.17 bits per heavy atom. The Hall–Kier alpha value is -1.32. The Labute approximate surface area is 153 Å². The van der Waals surface area contributed by atoms with Gasteiger partial charge in [-0.1, -0.05) is 17.7 Å². The smallest absolute Gasteiger partial charge is 0.255 e. The zero-order chi connectivity index (χ0) is 17.2. The zero-order valence-electron chi connectivity index (χ0n) is 12.4. The Morgan fingerprint density at radius 2 is 1.87 bits per heavy atom. The van der Waals surface area contributed by atoms with Crippen molar-refractivity contribution in [3.05, 3.63) is 56.1 Å². The van der Waals surface area contributed by atoms with Gasteiger partial charge in [-0.3, -0.25) is 9.52 Å². The highest BCUT2D eigenvalue weighted by Crippen LogP contribution is 2.23. The van der Waals surface area contributed by atoms with Crippen LogP contribution < -0.4 is 10.0 Å². The fourth-order valence-corrected chi connectivity index (χ4v) is 3.10. The van der Waals surface area contributed by atoms with Crippen molar-refractivity contribution in [2.24, 2.45) is 0 Å². The van der Waals surface area contributed by atoms with Crippen LogP contribution in [0, 0.1) is 10.5 Å². The number of amides is 1. The number of carbonyl (C=O) groups is 1. The van der Waals surface area contributed by atoms with Gasteiger partial charge in [-0.25, -0.2) is 8.42 Å². The first-order chi connectivity index (χ1) is 10.7. The van der Waals surface area contributed by atoms with Crippen molar-refractivity contribution in [3.63, 3.8) is 0 Å². The number of carbonyl (C=O) groups excluding carboxylic acids is 1. The monoisotopic (exact) mass is 464 g/mol. The zero-order valence-corrected chi connectivity index (χ0v) is 16.1. The van der Waals surface area contributed by atoms with Crippen LogP contribution in [0.2, 0.25) is 5.02 Å². The van der Waals surface area contributed by atoms with E-state index >= 15 is 0 Å². The molecule has 0 fully saturated rings. The van der Waals surface area contributed by atoms with Crippen molar-refractivity contribution < 1.29 is 13.2 Å². The predicted molar refractivity (Wildman–Crippen MR) is 102 cm³/mol. The first-order valence-electron chi connectivity index (χ1n) is 6.50. The molecule has 0 unspecified atom stereocenters. The second-order valence-electron chi connectivity index (χ2n) is 4.99. The SMILES string of the molecule is Cc1ccc(NC(=O)c2ccc(Cl)c(I)c2)cc1NS(C)(=O)=O. The molecule has 122 valence electrons. The Kier molecular flexibility index (Phi) is 5.53. The molecule has 0 atom stereocenters. The average molecular weight is 465 g/mol. The molecular weight excluding hydrogens is 451 g/mol. The maximum absolute atomic E-state index is 12.3. The minimum atomic E-state index is -3.39. The number of benzene rings is 2. The van der Waals surface area contributed by atoms with Crippen molar-refractivity contribution in [1.29, 1.82) is 0 Å². The third kappa shape index (κ3) is 5.08. The molecule has 0 bridgehead atoms. The van der Waals surface area contributed by atoms with E-state index in [1.165, 1.54) is 0 Å². The highest BCUT2D eigenvalue weighted by Gasteiger charge is 2.10. The van der Waals surface area contributed by atoms with Gasteiger partial charge in [0.1, 0.15) is 0 Å². The highest BCUT2D eigenvalue weighted by atomic mass is 127. The molecule has 23 heavy (non-hydrogen) atoms. The number of rotatable bonds is 4. The van der Waals surface area contributed by atoms with Crippen molar-refractivity contribution in [2.45, 2.75) is 6.92 Å². The predicted octanol–water partition coefficient (Wildman–Crippen LogP) is 3.88. The molecule has 0 aliphatic carbocycles. The lowest BCUT2D eigenvalue weighted by Gasteiger charge is -2.11. The van der Waals surface area contributed by atoms with E-state index in [1.807, 2.05) is 0 Å². The Morgan fingerprint density at radius 3 is 2.48 bits per heavy atom. The number of hydrogen-bond acceptors (Lipinski definition) is 3. The van der Waals surface area contributed by atoms with E-state index in [0.717, 1.165) is 15.4 Å². The van der Waals surface area contributed by atoms with E-state index in [1.54, 1.807) is 43.3 Å². The van der Waals surface area contributed by atoms with Gasteiger partial charge in [0.15, 0.2) is 0 Å². The van der Waals surface area contributed by atoms with Crippen LogP contribution in [0.1, 0.15) is 15.9 Å². The lowest BCUT2D eigenvalue weighted by atomic mass is 10.1. The second-order valence-corrected chi connectivity index (χ2v) is 8.30. The summed E-state index contributed by atoms with van der Waals surface area (Å²) in [6.07, 6.45) is 1.08. The van der Waals surface area contributed by atoms with Crippen molar-refractivity contribution in [3.8, 4) is 0 Å². The standard InChI is InChI=1S/C15H14ClIN2O3S/c1-9-3-5-11(8-14(9)19-23(2,21)22)18-15(20)10-4-6-12(16)13(17)7-10/h3-8,19H,1-2H3,(H,18,20). The molecule has 2 aromatic rings. The number of nitrogens with one attached hydrogen (secondary N) is 2. The summed E-state index contributed by atoms with van der Waals surface area (Å²) in [4.78, 5) is 12.3. The van der Waals surface area contributed by atoms with E-state index in [0.29, 0.717) is 22.0 Å². The summed E-state index contributed by atoms with van der Waals surface area (Å²) in [6.45, 7) is 1.78. The summed E-state index contributed by atoms with van der Waals surface area (Å²) in [6, 6.07) is 9.99. The van der Waals surface area contributed by atoms with Crippen LogP contribution in [0.25, 0.3) is 0 Å². The van der Waals surface area contributed by atoms with Gasteiger partial charge in [0.05, 0.1) is 17.0 Å². The first-order valence-corrected chi connectivity index (χ1v) is 9.85. The quantitative estimate of drug-likeness (QED) is 0.675. The summed E-state index contributed by atoms with van der Waals surface area (Å²) in [5.41, 5.74) is 2.15. The molecule has 0 aromatic heterocycles. The first kappa shape index (κ1) is 18.0. The van der Waals surface area contributed by atoms with Gasteiger partial charge in [0.25, 0.3) is 5.91 Å². The number of sulfonamides is 1. The maximum atomic E-state index is 12.3. The molecule has 0 radical (unpaired) electrons. The molecule has 0 heterocycles. The Balaban J connectivity index is 2.24. The van der Waals surface area contributed by atoms with E-state index in [2.05, 4.69) is 32.6 Å². The van der Waals surface area contributed by atoms with Crippen molar-refractivity contribution in [2.75, 3.05) is 16.3 Å². The molecule has 1 amide bonds. The molecule has 0 aliphatic rings. The second kappa shape index (κ2) is 7.06. The van der Waals surface area contributed by atoms with E-state index in [-0.39, 0.29) is 5.91 Å². The van der Waals surface area contributed by atoms with Gasteiger partial charge >= 0.3 is 0 Å². The summed E-state index contributed by atoms with van der Waals surface area (Å²) in [5, 5.41) is 3.32. The summed E-state index contributed by atoms with van der Waals surface area (Å²) in [7, 11) is -3.39. The third-order valence-electron chi connectivity index (χ3n) is 2.97. The molecule has 8 heteroatoms. The number of aryl methyl sites for hydroxylation is 1. The highest BCUT2D eigenvalue weighted by molar-refractivity contribution is 14.1. The normalized spacial score (nSPS) is 11.1. The molecule has 0 saturated heterocycles. The van der Waals surface area contributed by atoms with Crippen molar-refractivity contribution >= 4 is 61.5 Å². The number of hydrogen-bond donors (Lipinski definition) is 2. The van der Waals surface area contributed by atoms with Crippen LogP contribution in [-0.2, 0) is 10.0 Å². The molecule has 2 rings (SSSR count). The van der Waals surface area contributed by atoms with Crippen LogP contribution in [0.15, 0.2) is 36.4 Å². The molecule has 0 spiro atoms. The fourth-order valence-electron chi connectivity index (χ4n) is 1.85. The Bertz CT molecular complexity index is 869. The van der Waals surface area contributed by atoms with Crippen LogP contribution in [-0.4, -0.2) is 20.6 Å². The largest absolute Gasteiger partial charge is 0.322 e. The lowest BCUT2D eigenvalue weighted by molar-refractivity contribution is 0.102. The summed E-state index contributed by atoms with van der Waals surface area (Å²) >= 11 is 7.99. The van der Waals surface area contributed by atoms with Crippen LogP contribution in [0.3, 0.4) is 0 Å². The van der Waals surface area contributed by atoms with E-state index in [9.17, 15) is 13.2 Å². The van der Waals surface area contributed by atoms with Gasteiger partial charge in [-0.05, 0) is 65.4 Å². The fraction of sp³-hybridized carbons (Fsp3) is 0.133. The summed E-state index contributed by atoms with van der Waals surface area (Å²) in [5.74, 6) is -0.297. The maximum Gasteiger partial charge on any atom is 0.255 e. The topological polar surface area (TPSA) is 75.3 Å². The van der Waals surface area contributed by atoms with E-state index in [4.69, 9.17) is 11.6 Å². The van der Waals surface area contributed by atoms with Gasteiger partial charge in [-0.15, -0.1) is 0 Å². The van der Waals surface area contributed by atoms with Crippen molar-refractivity contribution in [1.82, 2.24) is 0 Å². The molecule has 0 saturated carbocycles. The molecule has 5 nitrogen and oxygen atoms in total. The molecular formula is C15H14ClIN2O3S. The molecule has 2 N–H and O–H groups in total. The third-order valence-corrected chi connectivity index (χ3v) is 5.10. The summed E-state index contributed by atoms with van der Waals surface area (Å²) < 4.78 is 25.9. The van der Waals surface area contributed by atoms with E-state index < -0.39 is 10.0 Å². The number of anilines is 2. The van der Waals surface area contributed by atoms with Crippen LogP contribution in [0.5, 0.6) is 0 Å². The van der Waals surface area contributed by atoms with Gasteiger partial charge < -0.3 is 5.32 Å². The molecule has 0 aliphatic heterocycles. The number of halogens is 2. The van der Waals surface area contributed by atoms with Crippen LogP contribution >= 0.6 is 34.2 Å². The van der Waals surface area contributed by atoms with Gasteiger partial charge in [0, 0.05) is 14.8 Å². The van der Waals surface area contributed by atoms with Gasteiger partial charge in [0.2, 0.25) is 10.0 Å². The molecule has 2 aromatic carbocycles. The minimum absolute atomic E-state index is 0.297. The lowest BCUT2D eigenvalue weighted by Crippen LogP contribution is -2.14. The van der Waals surface area contributed by atoms with Gasteiger partial charge in [-0.2, -0.15) is 0 Å². The minimum Gasteiger partial charge on any atom is -0.322 e. The van der Waals surface area contributed by atoms with Crippen LogP contribution in [0.4, 0.5) is 11.4 Å².